The molecule has 2 aromatic rings. The van der Waals surface area contributed by atoms with Crippen LogP contribution in [0.1, 0.15) is 33.1 Å². The van der Waals surface area contributed by atoms with Crippen LogP contribution in [-0.2, 0) is 13.6 Å². The van der Waals surface area contributed by atoms with Crippen LogP contribution >= 0.6 is 0 Å². The van der Waals surface area contributed by atoms with E-state index in [4.69, 9.17) is 0 Å². The van der Waals surface area contributed by atoms with Gasteiger partial charge in [0.1, 0.15) is 5.39 Å². The molecule has 1 N–H and O–H groups in total. The van der Waals surface area contributed by atoms with Crippen molar-refractivity contribution in [2.45, 2.75) is 45.7 Å². The number of fused-ring (bicyclic) bond motifs is 1. The smallest absolute Gasteiger partial charge is 0.280 e. The lowest BCUT2D eigenvalue weighted by Crippen LogP contribution is -2.38. The van der Waals surface area contributed by atoms with Gasteiger partial charge in [0, 0.05) is 13.1 Å². The molecular weight excluding hydrogens is 256 g/mol. The van der Waals surface area contributed by atoms with Crippen molar-refractivity contribution in [1.82, 2.24) is 30.1 Å². The van der Waals surface area contributed by atoms with Gasteiger partial charge in [0.25, 0.3) is 5.56 Å². The Hall–Kier alpha value is -1.76. The average Bonchev–Trinajstić information content (AvgIpc) is 2.81. The van der Waals surface area contributed by atoms with Crippen molar-refractivity contribution in [2.24, 2.45) is 7.05 Å². The molecule has 0 aliphatic heterocycles. The van der Waals surface area contributed by atoms with E-state index < -0.39 is 0 Å². The standard InChI is InChI=1S/C13H22N6O/c1-4-6-10(14-7-5-2)9-19-13(20)11-8-15-18(3)12(11)16-17-19/h8,10,14H,4-7,9H2,1-3H3. The van der Waals surface area contributed by atoms with E-state index in [1.54, 1.807) is 17.9 Å². The third-order valence-corrected chi connectivity index (χ3v) is 3.33. The van der Waals surface area contributed by atoms with E-state index in [1.807, 2.05) is 0 Å². The molecule has 110 valence electrons. The molecular formula is C13H22N6O. The third-order valence-electron chi connectivity index (χ3n) is 3.33. The number of aromatic nitrogens is 5. The fourth-order valence-corrected chi connectivity index (χ4v) is 2.26. The Morgan fingerprint density at radius 3 is 2.85 bits per heavy atom. The minimum absolute atomic E-state index is 0.123. The van der Waals surface area contributed by atoms with Crippen LogP contribution in [0.25, 0.3) is 11.0 Å². The van der Waals surface area contributed by atoms with Gasteiger partial charge in [-0.1, -0.05) is 25.5 Å². The molecule has 0 fully saturated rings. The maximum Gasteiger partial charge on any atom is 0.280 e. The summed E-state index contributed by atoms with van der Waals surface area (Å²) < 4.78 is 3.00. The first-order valence-corrected chi connectivity index (χ1v) is 7.16. The summed E-state index contributed by atoms with van der Waals surface area (Å²) in [5.41, 5.74) is 0.405. The van der Waals surface area contributed by atoms with E-state index in [2.05, 4.69) is 34.6 Å². The third kappa shape index (κ3) is 3.04. The van der Waals surface area contributed by atoms with Crippen LogP contribution in [0.5, 0.6) is 0 Å². The number of aryl methyl sites for hydroxylation is 1. The molecule has 0 aromatic carbocycles. The van der Waals surface area contributed by atoms with Crippen LogP contribution < -0.4 is 10.9 Å². The second-order valence-electron chi connectivity index (χ2n) is 5.02. The molecule has 7 nitrogen and oxygen atoms in total. The van der Waals surface area contributed by atoms with Gasteiger partial charge in [-0.05, 0) is 19.4 Å². The van der Waals surface area contributed by atoms with E-state index >= 15 is 0 Å². The molecule has 0 aliphatic carbocycles. The monoisotopic (exact) mass is 278 g/mol. The highest BCUT2D eigenvalue weighted by Gasteiger charge is 2.13. The molecule has 0 amide bonds. The molecule has 7 heteroatoms. The molecule has 0 saturated carbocycles. The highest BCUT2D eigenvalue weighted by molar-refractivity contribution is 5.72. The Bertz CT molecular complexity index is 617. The maximum absolute atomic E-state index is 12.3. The summed E-state index contributed by atoms with van der Waals surface area (Å²) in [6, 6.07) is 0.251. The summed E-state index contributed by atoms with van der Waals surface area (Å²) in [6.45, 7) is 5.76. The van der Waals surface area contributed by atoms with Crippen LogP contribution in [0.3, 0.4) is 0 Å². The summed E-state index contributed by atoms with van der Waals surface area (Å²) in [6.07, 6.45) is 4.71. The Morgan fingerprint density at radius 1 is 1.35 bits per heavy atom. The molecule has 0 bridgehead atoms. The summed E-state index contributed by atoms with van der Waals surface area (Å²) >= 11 is 0. The van der Waals surface area contributed by atoms with Gasteiger partial charge in [-0.25, -0.2) is 9.36 Å². The lowest BCUT2D eigenvalue weighted by atomic mass is 10.1. The van der Waals surface area contributed by atoms with Crippen LogP contribution in [0.15, 0.2) is 11.0 Å². The van der Waals surface area contributed by atoms with Gasteiger partial charge in [0.2, 0.25) is 0 Å². The minimum atomic E-state index is -0.123. The Balaban J connectivity index is 2.23. The maximum atomic E-state index is 12.3. The molecule has 0 spiro atoms. The van der Waals surface area contributed by atoms with Crippen molar-refractivity contribution in [3.05, 3.63) is 16.6 Å². The molecule has 2 rings (SSSR count). The zero-order valence-electron chi connectivity index (χ0n) is 12.3. The zero-order valence-corrected chi connectivity index (χ0v) is 12.3. The first-order chi connectivity index (χ1) is 9.67. The Morgan fingerprint density at radius 2 is 2.15 bits per heavy atom. The van der Waals surface area contributed by atoms with Gasteiger partial charge >= 0.3 is 0 Å². The molecule has 0 aliphatic rings. The van der Waals surface area contributed by atoms with E-state index in [9.17, 15) is 4.79 Å². The van der Waals surface area contributed by atoms with E-state index in [-0.39, 0.29) is 11.6 Å². The summed E-state index contributed by atoms with van der Waals surface area (Å²) in [5.74, 6) is 0. The van der Waals surface area contributed by atoms with E-state index in [0.717, 1.165) is 25.8 Å². The number of nitrogens with one attached hydrogen (secondary N) is 1. The largest absolute Gasteiger partial charge is 0.312 e. The minimum Gasteiger partial charge on any atom is -0.312 e. The summed E-state index contributed by atoms with van der Waals surface area (Å²) in [7, 11) is 1.75. The first kappa shape index (κ1) is 14.6. The fourth-order valence-electron chi connectivity index (χ4n) is 2.26. The number of rotatable bonds is 7. The second-order valence-corrected chi connectivity index (χ2v) is 5.02. The van der Waals surface area contributed by atoms with E-state index in [0.29, 0.717) is 17.6 Å². The van der Waals surface area contributed by atoms with Crippen LogP contribution in [0.4, 0.5) is 0 Å². The van der Waals surface area contributed by atoms with Gasteiger partial charge in [-0.3, -0.25) is 4.79 Å². The average molecular weight is 278 g/mol. The molecule has 2 heterocycles. The molecule has 1 atom stereocenters. The van der Waals surface area contributed by atoms with Crippen LogP contribution in [0, 0.1) is 0 Å². The highest BCUT2D eigenvalue weighted by Crippen LogP contribution is 2.03. The number of hydrogen-bond acceptors (Lipinski definition) is 5. The predicted molar refractivity (Wildman–Crippen MR) is 77.6 cm³/mol. The number of nitrogens with zero attached hydrogens (tertiary/aromatic N) is 5. The predicted octanol–water partition coefficient (Wildman–Crippen LogP) is 0.693. The quantitative estimate of drug-likeness (QED) is 0.806. The van der Waals surface area contributed by atoms with Gasteiger partial charge in [-0.2, -0.15) is 5.10 Å². The molecule has 2 aromatic heterocycles. The number of hydrogen-bond donors (Lipinski definition) is 1. The van der Waals surface area contributed by atoms with Crippen molar-refractivity contribution < 1.29 is 0 Å². The highest BCUT2D eigenvalue weighted by atomic mass is 16.1. The van der Waals surface area contributed by atoms with Crippen LogP contribution in [-0.4, -0.2) is 37.4 Å². The van der Waals surface area contributed by atoms with Crippen LogP contribution in [0.2, 0.25) is 0 Å². The van der Waals surface area contributed by atoms with Crippen molar-refractivity contribution in [3.63, 3.8) is 0 Å². The first-order valence-electron chi connectivity index (χ1n) is 7.16. The SMILES string of the molecule is CCCNC(CCC)Cn1nnc2c(cnn2C)c1=O. The zero-order chi connectivity index (χ0) is 14.5. The molecule has 0 radical (unpaired) electrons. The summed E-state index contributed by atoms with van der Waals surface area (Å²) in [4.78, 5) is 12.3. The van der Waals surface area contributed by atoms with Crippen molar-refractivity contribution in [1.29, 1.82) is 0 Å². The Labute approximate surface area is 118 Å². The van der Waals surface area contributed by atoms with Gasteiger partial charge in [0.05, 0.1) is 12.7 Å². The van der Waals surface area contributed by atoms with Gasteiger partial charge in [-0.15, -0.1) is 5.10 Å². The topological polar surface area (TPSA) is 77.6 Å². The molecule has 1 unspecified atom stereocenters. The Kier molecular flexibility index (Phi) is 4.84. The van der Waals surface area contributed by atoms with Crippen molar-refractivity contribution in [2.75, 3.05) is 6.54 Å². The summed E-state index contributed by atoms with van der Waals surface area (Å²) in [5, 5.41) is 16.1. The lowest BCUT2D eigenvalue weighted by molar-refractivity contribution is 0.385. The van der Waals surface area contributed by atoms with E-state index in [1.165, 1.54) is 4.68 Å². The fraction of sp³-hybridized carbons (Fsp3) is 0.692. The second kappa shape index (κ2) is 6.60. The normalized spacial score (nSPS) is 12.9. The molecule has 20 heavy (non-hydrogen) atoms. The van der Waals surface area contributed by atoms with Gasteiger partial charge in [0.15, 0.2) is 5.65 Å². The molecule has 0 saturated heterocycles. The van der Waals surface area contributed by atoms with Crippen molar-refractivity contribution >= 4 is 11.0 Å². The lowest BCUT2D eigenvalue weighted by Gasteiger charge is -2.17. The van der Waals surface area contributed by atoms with Gasteiger partial charge < -0.3 is 5.32 Å². The van der Waals surface area contributed by atoms with Crippen molar-refractivity contribution in [3.8, 4) is 0 Å².